The maximum atomic E-state index is 13.5. The molecule has 11 heteroatoms. The van der Waals surface area contributed by atoms with Crippen LogP contribution in [-0.4, -0.2) is 52.2 Å². The number of amides is 2. The summed E-state index contributed by atoms with van der Waals surface area (Å²) in [5.41, 5.74) is 3.40. The van der Waals surface area contributed by atoms with Crippen molar-refractivity contribution >= 4 is 68.3 Å². The van der Waals surface area contributed by atoms with Crippen molar-refractivity contribution < 1.29 is 29.0 Å². The number of anilines is 2. The van der Waals surface area contributed by atoms with Gasteiger partial charge in [0.05, 0.1) is 23.0 Å². The Hall–Kier alpha value is -4.97. The Kier molecular flexibility index (Phi) is 10.4. The van der Waals surface area contributed by atoms with Crippen LogP contribution < -0.4 is 10.6 Å². The minimum Gasteiger partial charge on any atom is -0.478 e. The molecule has 1 aliphatic rings. The summed E-state index contributed by atoms with van der Waals surface area (Å²) in [5, 5.41) is 16.6. The van der Waals surface area contributed by atoms with Crippen LogP contribution in [-0.2, 0) is 29.0 Å². The second-order valence-electron chi connectivity index (χ2n) is 11.6. The molecular weight excluding hydrogens is 659 g/mol. The number of hydrogen-bond acceptors (Lipinski definition) is 8. The molecule has 3 N–H and O–H groups in total. The molecular formula is C38H35N3O6S2. The predicted octanol–water partition coefficient (Wildman–Crippen LogP) is 7.71. The number of carboxylic acid groups (broad SMARTS) is 1. The third kappa shape index (κ3) is 7.69. The van der Waals surface area contributed by atoms with E-state index in [0.717, 1.165) is 28.4 Å². The normalized spacial score (nSPS) is 13.3. The molecule has 1 unspecified atom stereocenters. The topological polar surface area (TPSA) is 125 Å². The van der Waals surface area contributed by atoms with Crippen molar-refractivity contribution in [3.8, 4) is 0 Å². The third-order valence-corrected chi connectivity index (χ3v) is 10.5. The standard InChI is InChI=1S/C38H35N3O6S2/c1-3-47-38(46)33-28-18-19-41(21-24-10-5-4-6-11-24)22-31(28)49-36(33)40-34(42)23(2)48-27-15-9-14-26(20-27)39-35(43)29-16-7-12-25-13-8-17-30(32(25)29)37(44)45/h4-17,20,23H,3,18-19,21-22H2,1-2H3,(H,39,43)(H,40,42)(H,44,45). The number of nitrogens with zero attached hydrogens (tertiary/aromatic N) is 1. The lowest BCUT2D eigenvalue weighted by Crippen LogP contribution is -2.30. The summed E-state index contributed by atoms with van der Waals surface area (Å²) >= 11 is 2.74. The average molecular weight is 694 g/mol. The highest BCUT2D eigenvalue weighted by Gasteiger charge is 2.30. The van der Waals surface area contributed by atoms with Gasteiger partial charge in [0.25, 0.3) is 5.91 Å². The molecule has 1 atom stereocenters. The second kappa shape index (κ2) is 15.1. The number of ether oxygens (including phenoxy) is 1. The minimum absolute atomic E-state index is 0.0506. The van der Waals surface area contributed by atoms with Crippen LogP contribution in [0.15, 0.2) is 95.9 Å². The van der Waals surface area contributed by atoms with Crippen LogP contribution in [0.1, 0.15) is 60.9 Å². The number of thioether (sulfide) groups is 1. The molecule has 0 aliphatic carbocycles. The van der Waals surface area contributed by atoms with E-state index in [2.05, 4.69) is 27.7 Å². The quantitative estimate of drug-likeness (QED) is 0.0950. The van der Waals surface area contributed by atoms with Crippen molar-refractivity contribution in [2.75, 3.05) is 23.8 Å². The van der Waals surface area contributed by atoms with E-state index >= 15 is 0 Å². The number of hydrogen-bond donors (Lipinski definition) is 3. The van der Waals surface area contributed by atoms with E-state index in [1.807, 2.05) is 24.3 Å². The van der Waals surface area contributed by atoms with Gasteiger partial charge >= 0.3 is 11.9 Å². The molecule has 0 spiro atoms. The van der Waals surface area contributed by atoms with Crippen LogP contribution in [0.4, 0.5) is 10.7 Å². The van der Waals surface area contributed by atoms with E-state index in [-0.39, 0.29) is 23.6 Å². The number of benzene rings is 4. The lowest BCUT2D eigenvalue weighted by atomic mass is 9.98. The average Bonchev–Trinajstić information content (AvgIpc) is 3.45. The summed E-state index contributed by atoms with van der Waals surface area (Å²) < 4.78 is 5.41. The molecule has 49 heavy (non-hydrogen) atoms. The number of nitrogens with one attached hydrogen (secondary N) is 2. The number of carbonyl (C=O) groups is 4. The van der Waals surface area contributed by atoms with Gasteiger partial charge in [-0.1, -0.05) is 60.7 Å². The smallest absolute Gasteiger partial charge is 0.341 e. The fraction of sp³-hybridized carbons (Fsp3) is 0.211. The first kappa shape index (κ1) is 33.9. The van der Waals surface area contributed by atoms with Gasteiger partial charge in [-0.05, 0) is 67.1 Å². The highest BCUT2D eigenvalue weighted by atomic mass is 32.2. The molecule has 4 aromatic carbocycles. The molecule has 250 valence electrons. The van der Waals surface area contributed by atoms with Crippen molar-refractivity contribution in [2.24, 2.45) is 0 Å². The highest BCUT2D eigenvalue weighted by molar-refractivity contribution is 8.00. The number of esters is 1. The predicted molar refractivity (Wildman–Crippen MR) is 194 cm³/mol. The first-order valence-electron chi connectivity index (χ1n) is 15.9. The van der Waals surface area contributed by atoms with Crippen molar-refractivity contribution in [1.82, 2.24) is 4.90 Å². The van der Waals surface area contributed by atoms with E-state index in [0.29, 0.717) is 40.0 Å². The fourth-order valence-corrected chi connectivity index (χ4v) is 8.17. The summed E-state index contributed by atoms with van der Waals surface area (Å²) in [6.07, 6.45) is 0.682. The number of aromatic carboxylic acids is 1. The van der Waals surface area contributed by atoms with E-state index in [1.54, 1.807) is 62.4 Å². The molecule has 0 bridgehead atoms. The Balaban J connectivity index is 1.15. The van der Waals surface area contributed by atoms with Gasteiger partial charge in [-0.25, -0.2) is 9.59 Å². The maximum absolute atomic E-state index is 13.5. The summed E-state index contributed by atoms with van der Waals surface area (Å²) in [4.78, 5) is 56.0. The van der Waals surface area contributed by atoms with Crippen molar-refractivity contribution in [1.29, 1.82) is 0 Å². The van der Waals surface area contributed by atoms with Gasteiger partial charge in [-0.3, -0.25) is 14.5 Å². The molecule has 9 nitrogen and oxygen atoms in total. The first-order chi connectivity index (χ1) is 23.7. The summed E-state index contributed by atoms with van der Waals surface area (Å²) in [6.45, 7) is 6.05. The molecule has 1 aromatic heterocycles. The Bertz CT molecular complexity index is 2040. The van der Waals surface area contributed by atoms with Crippen molar-refractivity contribution in [3.05, 3.63) is 124 Å². The fourth-order valence-electron chi connectivity index (χ4n) is 5.97. The third-order valence-electron chi connectivity index (χ3n) is 8.25. The molecule has 0 saturated carbocycles. The summed E-state index contributed by atoms with van der Waals surface area (Å²) in [6, 6.07) is 27.4. The van der Waals surface area contributed by atoms with E-state index in [9.17, 15) is 24.3 Å². The van der Waals surface area contributed by atoms with Crippen LogP contribution in [0, 0.1) is 0 Å². The molecule has 6 rings (SSSR count). The largest absolute Gasteiger partial charge is 0.478 e. The van der Waals surface area contributed by atoms with Gasteiger partial charge in [0.2, 0.25) is 5.91 Å². The number of rotatable bonds is 11. The molecule has 0 saturated heterocycles. The number of fused-ring (bicyclic) bond motifs is 2. The van der Waals surface area contributed by atoms with E-state index < -0.39 is 23.1 Å². The Morgan fingerprint density at radius 1 is 0.939 bits per heavy atom. The summed E-state index contributed by atoms with van der Waals surface area (Å²) in [7, 11) is 0. The molecule has 2 amide bonds. The van der Waals surface area contributed by atoms with E-state index in [4.69, 9.17) is 4.74 Å². The van der Waals surface area contributed by atoms with Gasteiger partial charge in [-0.2, -0.15) is 0 Å². The van der Waals surface area contributed by atoms with Gasteiger partial charge in [0, 0.05) is 46.0 Å². The van der Waals surface area contributed by atoms with Gasteiger partial charge in [0.1, 0.15) is 5.00 Å². The Labute approximate surface area is 292 Å². The van der Waals surface area contributed by atoms with Gasteiger partial charge < -0.3 is 20.5 Å². The number of carboxylic acids is 1. The molecule has 0 radical (unpaired) electrons. The molecule has 0 fully saturated rings. The second-order valence-corrected chi connectivity index (χ2v) is 14.1. The Morgan fingerprint density at radius 3 is 2.41 bits per heavy atom. The van der Waals surface area contributed by atoms with Crippen LogP contribution in [0.25, 0.3) is 10.8 Å². The SMILES string of the molecule is CCOC(=O)c1c(NC(=O)C(C)Sc2cccc(NC(=O)c3cccc4cccc(C(=O)O)c34)c2)sc2c1CCN(Cc1ccccc1)C2. The van der Waals surface area contributed by atoms with Crippen LogP contribution in [0.2, 0.25) is 0 Å². The summed E-state index contributed by atoms with van der Waals surface area (Å²) in [5.74, 6) is -2.25. The van der Waals surface area contributed by atoms with E-state index in [1.165, 1.54) is 34.7 Å². The van der Waals surface area contributed by atoms with Crippen LogP contribution >= 0.6 is 23.1 Å². The zero-order valence-electron chi connectivity index (χ0n) is 27.0. The van der Waals surface area contributed by atoms with Crippen molar-refractivity contribution in [2.45, 2.75) is 43.5 Å². The maximum Gasteiger partial charge on any atom is 0.341 e. The monoisotopic (exact) mass is 693 g/mol. The zero-order chi connectivity index (χ0) is 34.5. The van der Waals surface area contributed by atoms with Crippen molar-refractivity contribution in [3.63, 3.8) is 0 Å². The lowest BCUT2D eigenvalue weighted by Gasteiger charge is -2.27. The number of thiophene rings is 1. The lowest BCUT2D eigenvalue weighted by molar-refractivity contribution is -0.115. The highest BCUT2D eigenvalue weighted by Crippen LogP contribution is 2.39. The van der Waals surface area contributed by atoms with Crippen LogP contribution in [0.5, 0.6) is 0 Å². The zero-order valence-corrected chi connectivity index (χ0v) is 28.7. The number of carbonyl (C=O) groups excluding carboxylic acids is 3. The molecule has 5 aromatic rings. The minimum atomic E-state index is -1.11. The Morgan fingerprint density at radius 2 is 1.67 bits per heavy atom. The van der Waals surface area contributed by atoms with Gasteiger partial charge in [0.15, 0.2) is 0 Å². The molecule has 2 heterocycles. The first-order valence-corrected chi connectivity index (χ1v) is 17.6. The van der Waals surface area contributed by atoms with Gasteiger partial charge in [-0.15, -0.1) is 23.1 Å². The molecule has 1 aliphatic heterocycles. The van der Waals surface area contributed by atoms with Crippen LogP contribution in [0.3, 0.4) is 0 Å².